The Hall–Kier alpha value is -1.30. The summed E-state index contributed by atoms with van der Waals surface area (Å²) in [7, 11) is 0. The largest absolute Gasteiger partial charge is 0.481 e. The van der Waals surface area contributed by atoms with Crippen molar-refractivity contribution in [1.82, 2.24) is 5.32 Å². The maximum Gasteiger partial charge on any atom is 0.407 e. The molecule has 0 spiro atoms. The number of carboxylic acid groups (broad SMARTS) is 1. The Morgan fingerprint density at radius 2 is 1.73 bits per heavy atom. The molecule has 128 valence electrons. The lowest BCUT2D eigenvalue weighted by Crippen LogP contribution is -2.57. The van der Waals surface area contributed by atoms with Gasteiger partial charge in [0.1, 0.15) is 5.60 Å². The summed E-state index contributed by atoms with van der Waals surface area (Å²) in [6, 6.07) is -0.535. The average Bonchev–Trinajstić information content (AvgIpc) is 2.34. The van der Waals surface area contributed by atoms with Crippen molar-refractivity contribution in [3.05, 3.63) is 0 Å². The summed E-state index contributed by atoms with van der Waals surface area (Å²) in [6.07, 6.45) is 0.515. The van der Waals surface area contributed by atoms with Gasteiger partial charge < -0.3 is 20.3 Å². The fourth-order valence-electron chi connectivity index (χ4n) is 3.15. The van der Waals surface area contributed by atoms with E-state index in [1.807, 2.05) is 13.8 Å². The van der Waals surface area contributed by atoms with Crippen LogP contribution >= 0.6 is 0 Å². The fraction of sp³-hybridized carbons (Fsp3) is 0.875. The number of amides is 1. The first-order valence-corrected chi connectivity index (χ1v) is 7.89. The van der Waals surface area contributed by atoms with E-state index in [4.69, 9.17) is 4.74 Å². The van der Waals surface area contributed by atoms with Crippen molar-refractivity contribution in [2.24, 2.45) is 11.3 Å². The van der Waals surface area contributed by atoms with E-state index in [0.717, 1.165) is 0 Å². The molecule has 0 radical (unpaired) electrons. The molecule has 0 aromatic rings. The maximum atomic E-state index is 12.1. The summed E-state index contributed by atoms with van der Waals surface area (Å²) in [4.78, 5) is 24.0. The van der Waals surface area contributed by atoms with Gasteiger partial charge in [0, 0.05) is 0 Å². The van der Waals surface area contributed by atoms with E-state index in [0.29, 0.717) is 25.7 Å². The summed E-state index contributed by atoms with van der Waals surface area (Å²) in [6.45, 7) is 9.07. The molecule has 0 aromatic heterocycles. The molecule has 1 fully saturated rings. The van der Waals surface area contributed by atoms with Gasteiger partial charge in [0.25, 0.3) is 0 Å². The molecule has 1 atom stereocenters. The number of carbonyl (C=O) groups is 2. The Bertz CT molecular complexity index is 405. The van der Waals surface area contributed by atoms with Crippen LogP contribution in [0.5, 0.6) is 0 Å². The van der Waals surface area contributed by atoms with Gasteiger partial charge in [0.15, 0.2) is 0 Å². The Labute approximate surface area is 132 Å². The van der Waals surface area contributed by atoms with Crippen molar-refractivity contribution in [3.8, 4) is 0 Å². The molecule has 0 bridgehead atoms. The van der Waals surface area contributed by atoms with Crippen molar-refractivity contribution in [2.45, 2.75) is 78.0 Å². The summed E-state index contributed by atoms with van der Waals surface area (Å²) in [5.41, 5.74) is -1.69. The monoisotopic (exact) mass is 315 g/mol. The number of carboxylic acids is 1. The number of carbonyl (C=O) groups excluding carboxylic acids is 1. The second-order valence-corrected chi connectivity index (χ2v) is 7.56. The third-order valence-corrected chi connectivity index (χ3v) is 4.21. The number of aliphatic hydroxyl groups excluding tert-OH is 1. The molecule has 0 aromatic carbocycles. The second kappa shape index (κ2) is 6.86. The third-order valence-electron chi connectivity index (χ3n) is 4.21. The predicted molar refractivity (Wildman–Crippen MR) is 82.5 cm³/mol. The van der Waals surface area contributed by atoms with Gasteiger partial charge in [-0.3, -0.25) is 4.79 Å². The summed E-state index contributed by atoms with van der Waals surface area (Å²) in [5, 5.41) is 22.2. The Morgan fingerprint density at radius 3 is 2.09 bits per heavy atom. The molecule has 0 saturated heterocycles. The second-order valence-electron chi connectivity index (χ2n) is 7.56. The Morgan fingerprint density at radius 1 is 1.23 bits per heavy atom. The summed E-state index contributed by atoms with van der Waals surface area (Å²) < 4.78 is 5.26. The van der Waals surface area contributed by atoms with Gasteiger partial charge in [0.2, 0.25) is 0 Å². The van der Waals surface area contributed by atoms with Crippen LogP contribution in [-0.4, -0.2) is 40.0 Å². The molecular weight excluding hydrogens is 286 g/mol. The highest BCUT2D eigenvalue weighted by Crippen LogP contribution is 2.42. The maximum absolute atomic E-state index is 12.1. The summed E-state index contributed by atoms with van der Waals surface area (Å²) >= 11 is 0. The highest BCUT2D eigenvalue weighted by Gasteiger charge is 2.50. The van der Waals surface area contributed by atoms with Gasteiger partial charge in [-0.25, -0.2) is 4.79 Å². The van der Waals surface area contributed by atoms with E-state index in [2.05, 4.69) is 5.32 Å². The molecule has 6 nitrogen and oxygen atoms in total. The Balaban J connectivity index is 2.96. The number of hydrogen-bond acceptors (Lipinski definition) is 4. The number of aliphatic carboxylic acids is 1. The van der Waals surface area contributed by atoms with Crippen LogP contribution in [-0.2, 0) is 9.53 Å². The molecule has 1 unspecified atom stereocenters. The first-order valence-electron chi connectivity index (χ1n) is 7.89. The topological polar surface area (TPSA) is 95.9 Å². The normalized spacial score (nSPS) is 27.3. The van der Waals surface area contributed by atoms with Gasteiger partial charge in [-0.2, -0.15) is 0 Å². The third kappa shape index (κ3) is 4.60. The molecule has 22 heavy (non-hydrogen) atoms. The van der Waals surface area contributed by atoms with Crippen LogP contribution in [0.15, 0.2) is 0 Å². The molecule has 1 aliphatic rings. The van der Waals surface area contributed by atoms with E-state index in [1.54, 1.807) is 20.8 Å². The predicted octanol–water partition coefficient (Wildman–Crippen LogP) is 2.54. The van der Waals surface area contributed by atoms with E-state index < -0.39 is 35.2 Å². The molecule has 3 N–H and O–H groups in total. The first-order chi connectivity index (χ1) is 9.98. The van der Waals surface area contributed by atoms with Gasteiger partial charge in [-0.1, -0.05) is 13.8 Å². The van der Waals surface area contributed by atoms with Gasteiger partial charge in [-0.05, 0) is 52.4 Å². The number of ether oxygens (including phenoxy) is 1. The van der Waals surface area contributed by atoms with Crippen molar-refractivity contribution in [2.75, 3.05) is 0 Å². The molecule has 1 amide bonds. The highest BCUT2D eigenvalue weighted by atomic mass is 16.6. The van der Waals surface area contributed by atoms with Gasteiger partial charge >= 0.3 is 12.1 Å². The lowest BCUT2D eigenvalue weighted by molar-refractivity contribution is -0.156. The zero-order valence-electron chi connectivity index (χ0n) is 14.2. The molecule has 1 saturated carbocycles. The van der Waals surface area contributed by atoms with Crippen LogP contribution in [0, 0.1) is 11.3 Å². The molecule has 6 heteroatoms. The van der Waals surface area contributed by atoms with E-state index in [1.165, 1.54) is 0 Å². The minimum atomic E-state index is -1.05. The molecular formula is C16H29NO5. The lowest BCUT2D eigenvalue weighted by Gasteiger charge is -2.43. The average molecular weight is 315 g/mol. The van der Waals surface area contributed by atoms with Crippen molar-refractivity contribution < 1.29 is 24.5 Å². The van der Waals surface area contributed by atoms with Crippen molar-refractivity contribution in [1.29, 1.82) is 0 Å². The van der Waals surface area contributed by atoms with Crippen LogP contribution in [0.1, 0.15) is 60.3 Å². The van der Waals surface area contributed by atoms with Crippen molar-refractivity contribution in [3.63, 3.8) is 0 Å². The van der Waals surface area contributed by atoms with Crippen LogP contribution < -0.4 is 5.32 Å². The van der Waals surface area contributed by atoms with Crippen LogP contribution in [0.25, 0.3) is 0 Å². The molecule has 0 heterocycles. The molecule has 1 aliphatic carbocycles. The molecule has 1 rings (SSSR count). The number of alkyl carbamates (subject to hydrolysis) is 1. The van der Waals surface area contributed by atoms with Crippen LogP contribution in [0.3, 0.4) is 0 Å². The minimum Gasteiger partial charge on any atom is -0.481 e. The molecule has 0 aliphatic heterocycles. The first kappa shape index (κ1) is 18.7. The van der Waals surface area contributed by atoms with E-state index in [9.17, 15) is 19.8 Å². The highest BCUT2D eigenvalue weighted by molar-refractivity contribution is 5.77. The summed E-state index contributed by atoms with van der Waals surface area (Å²) in [5.74, 6) is -0.979. The standard InChI is InChI=1S/C16H29NO5/c1-10(2)12(17-14(21)22-15(3,4)5)16(13(19)20)8-6-11(18)7-9-16/h10-12,18H,6-9H2,1-5H3,(H,17,21)(H,19,20). The van der Waals surface area contributed by atoms with Gasteiger partial charge in [0.05, 0.1) is 17.6 Å². The minimum absolute atomic E-state index is 0.0566. The number of rotatable bonds is 4. The van der Waals surface area contributed by atoms with E-state index >= 15 is 0 Å². The smallest absolute Gasteiger partial charge is 0.407 e. The Kier molecular flexibility index (Phi) is 5.84. The van der Waals surface area contributed by atoms with Gasteiger partial charge in [-0.15, -0.1) is 0 Å². The van der Waals surface area contributed by atoms with E-state index in [-0.39, 0.29) is 5.92 Å². The SMILES string of the molecule is CC(C)C(NC(=O)OC(C)(C)C)C1(C(=O)O)CCC(O)CC1. The number of aliphatic hydroxyl groups is 1. The number of hydrogen-bond donors (Lipinski definition) is 3. The quantitative estimate of drug-likeness (QED) is 0.741. The fourth-order valence-corrected chi connectivity index (χ4v) is 3.15. The lowest BCUT2D eigenvalue weighted by atomic mass is 9.65. The van der Waals surface area contributed by atoms with Crippen molar-refractivity contribution >= 4 is 12.1 Å². The number of nitrogens with one attached hydrogen (secondary N) is 1. The zero-order valence-corrected chi connectivity index (χ0v) is 14.2. The van der Waals surface area contributed by atoms with Crippen LogP contribution in [0.4, 0.5) is 4.79 Å². The zero-order chi connectivity index (χ0) is 17.1. The van der Waals surface area contributed by atoms with Crippen LogP contribution in [0.2, 0.25) is 0 Å².